The lowest BCUT2D eigenvalue weighted by Gasteiger charge is -2.39. The van der Waals surface area contributed by atoms with Gasteiger partial charge in [-0.3, -0.25) is 4.79 Å². The lowest BCUT2D eigenvalue weighted by molar-refractivity contribution is -0.141. The van der Waals surface area contributed by atoms with Crippen LogP contribution in [0.15, 0.2) is 78.9 Å². The zero-order chi connectivity index (χ0) is 32.4. The van der Waals surface area contributed by atoms with Crippen LogP contribution < -0.4 is 10.5 Å². The van der Waals surface area contributed by atoms with E-state index in [2.05, 4.69) is 17.1 Å². The summed E-state index contributed by atoms with van der Waals surface area (Å²) in [6, 6.07) is 25.9. The van der Waals surface area contributed by atoms with Gasteiger partial charge in [-0.25, -0.2) is 9.78 Å². The van der Waals surface area contributed by atoms with E-state index in [1.54, 1.807) is 13.8 Å². The minimum Gasteiger partial charge on any atom is -0.488 e. The fraction of sp³-hybridized carbons (Fsp3) is 0.378. The molecule has 0 saturated heterocycles. The first-order valence-electron chi connectivity index (χ1n) is 15.5. The number of nitrogens with two attached hydrogens (primary N) is 1. The van der Waals surface area contributed by atoms with Gasteiger partial charge in [-0.2, -0.15) is 0 Å². The summed E-state index contributed by atoms with van der Waals surface area (Å²) in [5.41, 5.74) is 10.3. The number of imidazole rings is 1. The summed E-state index contributed by atoms with van der Waals surface area (Å²) in [7, 11) is 0. The number of fused-ring (bicyclic) bond motifs is 1. The monoisotopic (exact) mass is 608 g/mol. The standard InChI is InChI=1S/C37H44N4O4/c1-24-32(26-12-8-7-9-13-26)40-33(39-24)31-21-27-14-10-11-15-28(27)23-41(31)34(42)29(22-37(5,6)45-35(38)43)20-25-16-18-30(19-17-25)44-36(2,3)4/h7-19,29,31H,20-23H2,1-6H3,(H2,38,43)(H,39,40). The van der Waals surface area contributed by atoms with Gasteiger partial charge in [-0.1, -0.05) is 66.7 Å². The maximum atomic E-state index is 14.8. The van der Waals surface area contributed by atoms with E-state index in [4.69, 9.17) is 20.2 Å². The van der Waals surface area contributed by atoms with Crippen molar-refractivity contribution in [1.82, 2.24) is 14.9 Å². The number of hydrogen-bond acceptors (Lipinski definition) is 5. The van der Waals surface area contributed by atoms with Crippen LogP contribution in [-0.4, -0.2) is 38.1 Å². The van der Waals surface area contributed by atoms with Crippen LogP contribution in [0.2, 0.25) is 0 Å². The molecule has 0 aliphatic carbocycles. The molecule has 8 nitrogen and oxygen atoms in total. The highest BCUT2D eigenvalue weighted by atomic mass is 16.6. The van der Waals surface area contributed by atoms with E-state index in [0.29, 0.717) is 25.8 Å². The van der Waals surface area contributed by atoms with Gasteiger partial charge >= 0.3 is 6.09 Å². The van der Waals surface area contributed by atoms with Gasteiger partial charge in [0.15, 0.2) is 0 Å². The number of ether oxygens (including phenoxy) is 2. The number of aromatic amines is 1. The van der Waals surface area contributed by atoms with E-state index in [9.17, 15) is 9.59 Å². The van der Waals surface area contributed by atoms with Gasteiger partial charge in [0.1, 0.15) is 22.8 Å². The average molecular weight is 609 g/mol. The van der Waals surface area contributed by atoms with Gasteiger partial charge in [0.05, 0.1) is 11.7 Å². The SMILES string of the molecule is Cc1[nH]c(C2Cc3ccccc3CN2C(=O)C(Cc2ccc(OC(C)(C)C)cc2)CC(C)(C)OC(N)=O)nc1-c1ccccc1. The van der Waals surface area contributed by atoms with Gasteiger partial charge in [0.2, 0.25) is 5.91 Å². The summed E-state index contributed by atoms with van der Waals surface area (Å²) < 4.78 is 11.5. The van der Waals surface area contributed by atoms with Crippen LogP contribution in [0, 0.1) is 12.8 Å². The predicted octanol–water partition coefficient (Wildman–Crippen LogP) is 7.31. The van der Waals surface area contributed by atoms with Crippen LogP contribution in [0.1, 0.15) is 75.3 Å². The number of aryl methyl sites for hydroxylation is 1. The Balaban J connectivity index is 1.50. The van der Waals surface area contributed by atoms with Gasteiger partial charge < -0.3 is 25.1 Å². The fourth-order valence-electron chi connectivity index (χ4n) is 6.24. The van der Waals surface area contributed by atoms with Crippen molar-refractivity contribution in [1.29, 1.82) is 0 Å². The van der Waals surface area contributed by atoms with E-state index in [-0.39, 0.29) is 17.6 Å². The smallest absolute Gasteiger partial charge is 0.405 e. The Morgan fingerprint density at radius 2 is 1.60 bits per heavy atom. The normalized spacial score (nSPS) is 15.7. The zero-order valence-electron chi connectivity index (χ0n) is 27.1. The summed E-state index contributed by atoms with van der Waals surface area (Å²) in [6.07, 6.45) is 0.527. The number of amides is 2. The quantitative estimate of drug-likeness (QED) is 0.207. The van der Waals surface area contributed by atoms with Crippen molar-refractivity contribution in [3.63, 3.8) is 0 Å². The Bertz CT molecular complexity index is 1640. The van der Waals surface area contributed by atoms with Crippen molar-refractivity contribution in [2.45, 2.75) is 84.6 Å². The lowest BCUT2D eigenvalue weighted by atomic mass is 9.85. The maximum Gasteiger partial charge on any atom is 0.405 e. The maximum absolute atomic E-state index is 14.8. The van der Waals surface area contributed by atoms with Crippen LogP contribution in [0.4, 0.5) is 4.79 Å². The topological polar surface area (TPSA) is 111 Å². The van der Waals surface area contributed by atoms with Crippen molar-refractivity contribution in [3.8, 4) is 17.0 Å². The Labute approximate surface area is 266 Å². The number of carbonyl (C=O) groups is 2. The van der Waals surface area contributed by atoms with Gasteiger partial charge in [0, 0.05) is 30.1 Å². The molecule has 0 fully saturated rings. The van der Waals surface area contributed by atoms with Crippen molar-refractivity contribution < 1.29 is 19.1 Å². The number of aromatic nitrogens is 2. The molecule has 0 spiro atoms. The van der Waals surface area contributed by atoms with E-state index in [1.807, 2.05) is 99.3 Å². The third kappa shape index (κ3) is 7.93. The Morgan fingerprint density at radius 3 is 2.24 bits per heavy atom. The number of carbonyl (C=O) groups excluding carboxylic acids is 2. The second kappa shape index (κ2) is 12.8. The second-order valence-electron chi connectivity index (χ2n) is 13.6. The van der Waals surface area contributed by atoms with Crippen molar-refractivity contribution >= 4 is 12.0 Å². The van der Waals surface area contributed by atoms with Gasteiger partial charge in [-0.15, -0.1) is 0 Å². The molecule has 1 aliphatic heterocycles. The van der Waals surface area contributed by atoms with Gasteiger partial charge in [0.25, 0.3) is 0 Å². The molecular weight excluding hydrogens is 564 g/mol. The Kier molecular flexibility index (Phi) is 9.05. The molecule has 4 aromatic rings. The first kappa shape index (κ1) is 31.8. The molecule has 2 atom stereocenters. The van der Waals surface area contributed by atoms with Crippen molar-refractivity contribution in [2.75, 3.05) is 0 Å². The highest BCUT2D eigenvalue weighted by Crippen LogP contribution is 2.37. The van der Waals surface area contributed by atoms with Crippen LogP contribution in [0.5, 0.6) is 5.75 Å². The first-order chi connectivity index (χ1) is 21.3. The molecule has 2 amide bonds. The third-order valence-electron chi connectivity index (χ3n) is 8.09. The highest BCUT2D eigenvalue weighted by molar-refractivity contribution is 5.80. The van der Waals surface area contributed by atoms with Crippen molar-refractivity contribution in [3.05, 3.63) is 107 Å². The van der Waals surface area contributed by atoms with Crippen LogP contribution in [0.3, 0.4) is 0 Å². The number of nitrogens with zero attached hydrogens (tertiary/aromatic N) is 2. The number of rotatable bonds is 9. The summed E-state index contributed by atoms with van der Waals surface area (Å²) >= 11 is 0. The second-order valence-corrected chi connectivity index (χ2v) is 13.6. The largest absolute Gasteiger partial charge is 0.488 e. The van der Waals surface area contributed by atoms with E-state index in [0.717, 1.165) is 39.7 Å². The molecule has 5 rings (SSSR count). The minimum absolute atomic E-state index is 0.0269. The van der Waals surface area contributed by atoms with Crippen LogP contribution >= 0.6 is 0 Å². The molecule has 45 heavy (non-hydrogen) atoms. The van der Waals surface area contributed by atoms with Gasteiger partial charge in [-0.05, 0) is 83.2 Å². The molecular formula is C37H44N4O4. The molecule has 8 heteroatoms. The molecule has 1 aromatic heterocycles. The zero-order valence-corrected chi connectivity index (χ0v) is 27.1. The number of hydrogen-bond donors (Lipinski definition) is 2. The van der Waals surface area contributed by atoms with E-state index in [1.165, 1.54) is 5.56 Å². The summed E-state index contributed by atoms with van der Waals surface area (Å²) in [6.45, 7) is 12.1. The fourth-order valence-corrected chi connectivity index (χ4v) is 6.24. The Morgan fingerprint density at radius 1 is 0.956 bits per heavy atom. The van der Waals surface area contributed by atoms with Crippen LogP contribution in [0.25, 0.3) is 11.3 Å². The molecule has 236 valence electrons. The number of H-pyrrole nitrogens is 1. The molecule has 3 aromatic carbocycles. The van der Waals surface area contributed by atoms with Crippen LogP contribution in [-0.2, 0) is 28.9 Å². The molecule has 0 saturated carbocycles. The third-order valence-corrected chi connectivity index (χ3v) is 8.09. The Hall–Kier alpha value is -4.59. The molecule has 3 N–H and O–H groups in total. The molecule has 2 heterocycles. The molecule has 1 aliphatic rings. The number of benzene rings is 3. The van der Waals surface area contributed by atoms with Crippen molar-refractivity contribution in [2.24, 2.45) is 11.7 Å². The van der Waals surface area contributed by atoms with E-state index < -0.39 is 17.6 Å². The summed E-state index contributed by atoms with van der Waals surface area (Å²) in [4.78, 5) is 37.1. The molecule has 0 bridgehead atoms. The minimum atomic E-state index is -0.952. The highest BCUT2D eigenvalue weighted by Gasteiger charge is 2.39. The van der Waals surface area contributed by atoms with E-state index >= 15 is 0 Å². The lowest BCUT2D eigenvalue weighted by Crippen LogP contribution is -2.45. The summed E-state index contributed by atoms with van der Waals surface area (Å²) in [5, 5.41) is 0. The average Bonchev–Trinajstić information content (AvgIpc) is 3.37. The number of nitrogens with one attached hydrogen (secondary N) is 1. The first-order valence-corrected chi connectivity index (χ1v) is 15.5. The summed E-state index contributed by atoms with van der Waals surface area (Å²) in [5.74, 6) is 0.998. The number of primary amides is 1. The molecule has 0 radical (unpaired) electrons. The molecule has 2 unspecified atom stereocenters. The predicted molar refractivity (Wildman–Crippen MR) is 176 cm³/mol.